The van der Waals surface area contributed by atoms with Crippen molar-refractivity contribution >= 4 is 17.0 Å². The van der Waals surface area contributed by atoms with Crippen LogP contribution >= 0.6 is 0 Å². The Bertz CT molecular complexity index is 692. The number of hydrogen-bond donors (Lipinski definition) is 2. The maximum atomic E-state index is 11.5. The van der Waals surface area contributed by atoms with E-state index in [2.05, 4.69) is 4.98 Å². The van der Waals surface area contributed by atoms with Crippen molar-refractivity contribution in [3.8, 4) is 0 Å². The summed E-state index contributed by atoms with van der Waals surface area (Å²) in [5.41, 5.74) is 1.35. The zero-order valence-corrected chi connectivity index (χ0v) is 10.1. The molecule has 94 valence electrons. The number of carboxylic acids is 1. The Labute approximate surface area is 103 Å². The number of fused-ring (bicyclic) bond motifs is 1. The van der Waals surface area contributed by atoms with Crippen molar-refractivity contribution in [2.75, 3.05) is 0 Å². The van der Waals surface area contributed by atoms with Crippen LogP contribution in [0.2, 0.25) is 0 Å². The summed E-state index contributed by atoms with van der Waals surface area (Å²) in [7, 11) is 1.69. The topological polar surface area (TPSA) is 75.1 Å². The number of aliphatic carboxylic acids is 1. The Morgan fingerprint density at radius 2 is 2.17 bits per heavy atom. The van der Waals surface area contributed by atoms with E-state index in [1.54, 1.807) is 13.1 Å². The van der Waals surface area contributed by atoms with E-state index in [9.17, 15) is 14.7 Å². The second-order valence-corrected chi connectivity index (χ2v) is 4.96. The van der Waals surface area contributed by atoms with Crippen LogP contribution in [0.5, 0.6) is 0 Å². The number of H-pyrrole nitrogens is 1. The number of aromatic amines is 1. The van der Waals surface area contributed by atoms with Crippen molar-refractivity contribution in [3.05, 3.63) is 34.2 Å². The summed E-state index contributed by atoms with van der Waals surface area (Å²) >= 11 is 0. The van der Waals surface area contributed by atoms with Crippen molar-refractivity contribution in [2.24, 2.45) is 7.05 Å². The second kappa shape index (κ2) is 3.48. The second-order valence-electron chi connectivity index (χ2n) is 4.96. The number of nitrogens with one attached hydrogen (secondary N) is 1. The third kappa shape index (κ3) is 1.27. The van der Waals surface area contributed by atoms with Crippen molar-refractivity contribution in [1.29, 1.82) is 0 Å². The number of benzene rings is 1. The SMILES string of the molecule is Cn1c(=O)[nH]c2cc(C3(C(=O)O)CCC3)ccc21. The number of hydrogen-bond acceptors (Lipinski definition) is 2. The van der Waals surface area contributed by atoms with Crippen LogP contribution in [-0.4, -0.2) is 20.6 Å². The van der Waals surface area contributed by atoms with Crippen LogP contribution in [0.3, 0.4) is 0 Å². The van der Waals surface area contributed by atoms with Gasteiger partial charge in [-0.3, -0.25) is 9.36 Å². The highest BCUT2D eigenvalue weighted by Crippen LogP contribution is 2.44. The number of rotatable bonds is 2. The van der Waals surface area contributed by atoms with Crippen LogP contribution in [0.25, 0.3) is 11.0 Å². The molecule has 1 saturated carbocycles. The average Bonchev–Trinajstić information content (AvgIpc) is 2.52. The van der Waals surface area contributed by atoms with Gasteiger partial charge >= 0.3 is 11.7 Å². The molecule has 2 aromatic rings. The Morgan fingerprint density at radius 1 is 1.44 bits per heavy atom. The molecule has 3 rings (SSSR count). The number of aromatic nitrogens is 2. The summed E-state index contributed by atoms with van der Waals surface area (Å²) in [5.74, 6) is -0.772. The van der Waals surface area contributed by atoms with E-state index in [-0.39, 0.29) is 5.69 Å². The molecule has 0 atom stereocenters. The smallest absolute Gasteiger partial charge is 0.326 e. The summed E-state index contributed by atoms with van der Waals surface area (Å²) in [4.78, 5) is 25.7. The first kappa shape index (κ1) is 11.1. The summed E-state index contributed by atoms with van der Waals surface area (Å²) in [6.45, 7) is 0. The number of aryl methyl sites for hydroxylation is 1. The van der Waals surface area contributed by atoms with Gasteiger partial charge in [-0.25, -0.2) is 4.79 Å². The van der Waals surface area contributed by atoms with E-state index < -0.39 is 11.4 Å². The molecule has 2 N–H and O–H groups in total. The third-order valence-electron chi connectivity index (χ3n) is 4.07. The molecule has 0 spiro atoms. The molecule has 1 aromatic heterocycles. The summed E-state index contributed by atoms with van der Waals surface area (Å²) in [5, 5.41) is 9.39. The van der Waals surface area contributed by atoms with E-state index in [1.807, 2.05) is 12.1 Å². The lowest BCUT2D eigenvalue weighted by atomic mass is 9.64. The zero-order chi connectivity index (χ0) is 12.9. The highest BCUT2D eigenvalue weighted by atomic mass is 16.4. The molecule has 0 saturated heterocycles. The van der Waals surface area contributed by atoms with E-state index in [4.69, 9.17) is 0 Å². The molecular formula is C13H14N2O3. The van der Waals surface area contributed by atoms with E-state index in [0.29, 0.717) is 18.4 Å². The molecule has 5 heteroatoms. The highest BCUT2D eigenvalue weighted by Gasteiger charge is 2.46. The number of carboxylic acid groups (broad SMARTS) is 1. The Hall–Kier alpha value is -2.04. The van der Waals surface area contributed by atoms with Crippen molar-refractivity contribution in [2.45, 2.75) is 24.7 Å². The molecular weight excluding hydrogens is 232 g/mol. The fourth-order valence-corrected chi connectivity index (χ4v) is 2.69. The third-order valence-corrected chi connectivity index (χ3v) is 4.07. The maximum absolute atomic E-state index is 11.5. The van der Waals surface area contributed by atoms with Crippen molar-refractivity contribution < 1.29 is 9.90 Å². The predicted octanol–water partition coefficient (Wildman–Crippen LogP) is 1.37. The minimum absolute atomic E-state index is 0.180. The largest absolute Gasteiger partial charge is 0.481 e. The normalized spacial score (nSPS) is 17.6. The first-order valence-corrected chi connectivity index (χ1v) is 5.97. The standard InChI is InChI=1S/C13H14N2O3/c1-15-10-4-3-8(7-9(10)14-12(15)18)13(11(16)17)5-2-6-13/h3-4,7H,2,5-6H2,1H3,(H,14,18)(H,16,17). The van der Waals surface area contributed by atoms with Gasteiger partial charge in [-0.2, -0.15) is 0 Å². The Kier molecular flexibility index (Phi) is 2.14. The number of nitrogens with zero attached hydrogens (tertiary/aromatic N) is 1. The Morgan fingerprint density at radius 3 is 2.72 bits per heavy atom. The lowest BCUT2D eigenvalue weighted by Gasteiger charge is -2.38. The van der Waals surface area contributed by atoms with Crippen LogP contribution in [0.1, 0.15) is 24.8 Å². The van der Waals surface area contributed by atoms with E-state index in [1.165, 1.54) is 4.57 Å². The number of carbonyl (C=O) groups is 1. The lowest BCUT2D eigenvalue weighted by Crippen LogP contribution is -2.42. The molecule has 1 aliphatic rings. The van der Waals surface area contributed by atoms with Gasteiger partial charge in [0.1, 0.15) is 0 Å². The molecule has 1 fully saturated rings. The maximum Gasteiger partial charge on any atom is 0.326 e. The van der Waals surface area contributed by atoms with Crippen molar-refractivity contribution in [1.82, 2.24) is 9.55 Å². The van der Waals surface area contributed by atoms with E-state index in [0.717, 1.165) is 17.5 Å². The molecule has 0 aliphatic heterocycles. The Balaban J connectivity index is 2.19. The minimum Gasteiger partial charge on any atom is -0.481 e. The van der Waals surface area contributed by atoms with Gasteiger partial charge in [0.25, 0.3) is 0 Å². The molecule has 18 heavy (non-hydrogen) atoms. The summed E-state index contributed by atoms with van der Waals surface area (Å²) < 4.78 is 1.52. The van der Waals surface area contributed by atoms with Gasteiger partial charge in [0, 0.05) is 7.05 Å². The van der Waals surface area contributed by atoms with Gasteiger partial charge < -0.3 is 10.1 Å². The zero-order valence-electron chi connectivity index (χ0n) is 10.1. The van der Waals surface area contributed by atoms with Gasteiger partial charge in [-0.15, -0.1) is 0 Å². The lowest BCUT2D eigenvalue weighted by molar-refractivity contribution is -0.147. The molecule has 0 bridgehead atoms. The monoisotopic (exact) mass is 246 g/mol. The first-order chi connectivity index (χ1) is 8.54. The van der Waals surface area contributed by atoms with Crippen LogP contribution in [-0.2, 0) is 17.3 Å². The molecule has 0 radical (unpaired) electrons. The van der Waals surface area contributed by atoms with Crippen LogP contribution in [0, 0.1) is 0 Å². The molecule has 1 aliphatic carbocycles. The van der Waals surface area contributed by atoms with E-state index >= 15 is 0 Å². The van der Waals surface area contributed by atoms with Gasteiger partial charge in [-0.05, 0) is 30.5 Å². The fraction of sp³-hybridized carbons (Fsp3) is 0.385. The predicted molar refractivity (Wildman–Crippen MR) is 66.7 cm³/mol. The average molecular weight is 246 g/mol. The summed E-state index contributed by atoms with van der Waals surface area (Å²) in [6, 6.07) is 5.43. The van der Waals surface area contributed by atoms with Gasteiger partial charge in [0.05, 0.1) is 16.4 Å². The van der Waals surface area contributed by atoms with Crippen LogP contribution in [0.4, 0.5) is 0 Å². The van der Waals surface area contributed by atoms with Crippen LogP contribution in [0.15, 0.2) is 23.0 Å². The van der Waals surface area contributed by atoms with Gasteiger partial charge in [0.15, 0.2) is 0 Å². The first-order valence-electron chi connectivity index (χ1n) is 5.97. The quantitative estimate of drug-likeness (QED) is 0.840. The highest BCUT2D eigenvalue weighted by molar-refractivity contribution is 5.85. The number of imidazole rings is 1. The summed E-state index contributed by atoms with van der Waals surface area (Å²) in [6.07, 6.45) is 2.28. The molecule has 0 unspecified atom stereocenters. The van der Waals surface area contributed by atoms with Crippen LogP contribution < -0.4 is 5.69 Å². The van der Waals surface area contributed by atoms with Gasteiger partial charge in [0.2, 0.25) is 0 Å². The molecule has 5 nitrogen and oxygen atoms in total. The van der Waals surface area contributed by atoms with Gasteiger partial charge in [-0.1, -0.05) is 12.5 Å². The fourth-order valence-electron chi connectivity index (χ4n) is 2.69. The van der Waals surface area contributed by atoms with Crippen molar-refractivity contribution in [3.63, 3.8) is 0 Å². The molecule has 1 aromatic carbocycles. The molecule has 1 heterocycles. The molecule has 0 amide bonds. The minimum atomic E-state index is -0.772.